The van der Waals surface area contributed by atoms with E-state index in [0.29, 0.717) is 39.6 Å². The third-order valence-corrected chi connectivity index (χ3v) is 6.65. The fraction of sp³-hybridized carbons (Fsp3) is 0.385. The maximum Gasteiger partial charge on any atom is 0.290 e. The van der Waals surface area contributed by atoms with Crippen LogP contribution in [0.3, 0.4) is 0 Å². The molecule has 180 valence electrons. The summed E-state index contributed by atoms with van der Waals surface area (Å²) < 4.78 is 16.9. The average molecular weight is 485 g/mol. The number of ether oxygens (including phenoxy) is 2. The zero-order valence-electron chi connectivity index (χ0n) is 19.9. The van der Waals surface area contributed by atoms with Crippen LogP contribution in [0.25, 0.3) is 11.0 Å². The Bertz CT molecular complexity index is 1270. The maximum absolute atomic E-state index is 13.6. The molecular formula is C26H29ClN2O5. The van der Waals surface area contributed by atoms with E-state index >= 15 is 0 Å². The highest BCUT2D eigenvalue weighted by Crippen LogP contribution is 2.41. The molecule has 0 unspecified atom stereocenters. The monoisotopic (exact) mass is 484 g/mol. The second-order valence-corrected chi connectivity index (χ2v) is 8.65. The maximum atomic E-state index is 13.6. The van der Waals surface area contributed by atoms with Gasteiger partial charge in [0.15, 0.2) is 16.9 Å². The van der Waals surface area contributed by atoms with Gasteiger partial charge in [0.2, 0.25) is 5.76 Å². The Kier molecular flexibility index (Phi) is 7.14. The van der Waals surface area contributed by atoms with Crippen molar-refractivity contribution in [1.29, 1.82) is 0 Å². The van der Waals surface area contributed by atoms with E-state index in [1.54, 1.807) is 43.4 Å². The summed E-state index contributed by atoms with van der Waals surface area (Å²) in [5.74, 6) is 0.893. The van der Waals surface area contributed by atoms with Crippen LogP contribution in [0.2, 0.25) is 5.02 Å². The van der Waals surface area contributed by atoms with Gasteiger partial charge in [-0.2, -0.15) is 0 Å². The van der Waals surface area contributed by atoms with Crippen molar-refractivity contribution >= 4 is 28.5 Å². The van der Waals surface area contributed by atoms with Crippen LogP contribution in [0.1, 0.15) is 48.0 Å². The predicted octanol–water partition coefficient (Wildman–Crippen LogP) is 4.74. The third kappa shape index (κ3) is 4.26. The second-order valence-electron chi connectivity index (χ2n) is 8.21. The molecule has 1 aliphatic heterocycles. The van der Waals surface area contributed by atoms with Gasteiger partial charge in [-0.3, -0.25) is 9.59 Å². The summed E-state index contributed by atoms with van der Waals surface area (Å²) in [6, 6.07) is 9.71. The van der Waals surface area contributed by atoms with E-state index in [4.69, 9.17) is 25.5 Å². The summed E-state index contributed by atoms with van der Waals surface area (Å²) in [7, 11) is 3.12. The third-order valence-electron chi connectivity index (χ3n) is 6.42. The second kappa shape index (κ2) is 10.1. The molecule has 0 saturated carbocycles. The lowest BCUT2D eigenvalue weighted by molar-refractivity contribution is 0.0720. The Balaban J connectivity index is 1.84. The topological polar surface area (TPSA) is 72.2 Å². The van der Waals surface area contributed by atoms with Crippen molar-refractivity contribution in [3.05, 3.63) is 68.5 Å². The fourth-order valence-electron chi connectivity index (χ4n) is 4.60. The van der Waals surface area contributed by atoms with Gasteiger partial charge >= 0.3 is 0 Å². The van der Waals surface area contributed by atoms with Crippen LogP contribution in [-0.4, -0.2) is 56.1 Å². The highest BCUT2D eigenvalue weighted by molar-refractivity contribution is 6.31. The van der Waals surface area contributed by atoms with Crippen LogP contribution in [0.4, 0.5) is 0 Å². The zero-order chi connectivity index (χ0) is 24.4. The first-order chi connectivity index (χ1) is 16.4. The van der Waals surface area contributed by atoms with Gasteiger partial charge in [0.25, 0.3) is 5.91 Å². The lowest BCUT2D eigenvalue weighted by Gasteiger charge is -2.27. The quantitative estimate of drug-likeness (QED) is 0.437. The zero-order valence-corrected chi connectivity index (χ0v) is 20.6. The number of methoxy groups -OCH3 is 2. The Hall–Kier alpha value is -3.03. The molecule has 3 aromatic rings. The van der Waals surface area contributed by atoms with E-state index < -0.39 is 6.04 Å². The Morgan fingerprint density at radius 1 is 1.03 bits per heavy atom. The Morgan fingerprint density at radius 3 is 2.44 bits per heavy atom. The van der Waals surface area contributed by atoms with Crippen molar-refractivity contribution in [1.82, 2.24) is 9.80 Å². The minimum atomic E-state index is -0.598. The van der Waals surface area contributed by atoms with Gasteiger partial charge in [-0.15, -0.1) is 0 Å². The lowest BCUT2D eigenvalue weighted by Crippen LogP contribution is -2.33. The number of carbonyl (C=O) groups excluding carboxylic acids is 1. The highest BCUT2D eigenvalue weighted by atomic mass is 35.5. The van der Waals surface area contributed by atoms with Gasteiger partial charge in [-0.1, -0.05) is 31.5 Å². The number of hydrogen-bond acceptors (Lipinski definition) is 6. The van der Waals surface area contributed by atoms with Crippen LogP contribution in [0.5, 0.6) is 11.5 Å². The molecule has 0 N–H and O–H groups in total. The van der Waals surface area contributed by atoms with Crippen LogP contribution in [0.15, 0.2) is 45.6 Å². The molecule has 34 heavy (non-hydrogen) atoms. The normalized spacial score (nSPS) is 15.3. The average Bonchev–Trinajstić information content (AvgIpc) is 3.13. The van der Waals surface area contributed by atoms with Crippen molar-refractivity contribution < 1.29 is 18.7 Å². The van der Waals surface area contributed by atoms with Crippen LogP contribution in [-0.2, 0) is 0 Å². The summed E-state index contributed by atoms with van der Waals surface area (Å²) in [5, 5.41) is 0.789. The Morgan fingerprint density at radius 2 is 1.76 bits per heavy atom. The van der Waals surface area contributed by atoms with Crippen LogP contribution in [0, 0.1) is 0 Å². The van der Waals surface area contributed by atoms with Crippen LogP contribution >= 0.6 is 11.6 Å². The lowest BCUT2D eigenvalue weighted by atomic mass is 9.98. The van der Waals surface area contributed by atoms with Crippen molar-refractivity contribution in [2.24, 2.45) is 0 Å². The van der Waals surface area contributed by atoms with Gasteiger partial charge in [0.05, 0.1) is 31.2 Å². The molecule has 1 amide bonds. The van der Waals surface area contributed by atoms with Gasteiger partial charge in [-0.25, -0.2) is 0 Å². The van der Waals surface area contributed by atoms with Crippen molar-refractivity contribution in [2.45, 2.75) is 26.3 Å². The summed E-state index contributed by atoms with van der Waals surface area (Å²) in [6.45, 7) is 7.45. The minimum absolute atomic E-state index is 0.0856. The number of fused-ring (bicyclic) bond motifs is 2. The van der Waals surface area contributed by atoms with E-state index in [9.17, 15) is 9.59 Å². The Labute approximate surface area is 203 Å². The summed E-state index contributed by atoms with van der Waals surface area (Å²) in [4.78, 5) is 31.2. The van der Waals surface area contributed by atoms with Gasteiger partial charge < -0.3 is 23.7 Å². The number of nitrogens with zero attached hydrogens (tertiary/aromatic N) is 2. The SMILES string of the molecule is CCN(CC)CCCN1C(=O)c2oc3ccc(Cl)cc3c(=O)c2[C@@H]1c1ccc(OC)c(OC)c1. The molecule has 0 spiro atoms. The molecule has 8 heteroatoms. The summed E-state index contributed by atoms with van der Waals surface area (Å²) in [5.41, 5.74) is 1.17. The standard InChI is InChI=1S/C26H29ClN2O5/c1-5-28(6-2)12-7-13-29-23(16-8-10-20(32-3)21(14-16)33-4)22-24(30)18-15-17(27)9-11-19(18)34-25(22)26(29)31/h8-11,14-15,23H,5-7,12-13H2,1-4H3/t23-/m0/s1. The van der Waals surface area contributed by atoms with E-state index in [2.05, 4.69) is 18.7 Å². The van der Waals surface area contributed by atoms with Crippen molar-refractivity contribution in [2.75, 3.05) is 40.4 Å². The number of benzene rings is 2. The molecular weight excluding hydrogens is 456 g/mol. The van der Waals surface area contributed by atoms with Crippen molar-refractivity contribution in [3.8, 4) is 11.5 Å². The molecule has 2 heterocycles. The smallest absolute Gasteiger partial charge is 0.290 e. The number of carbonyl (C=O) groups is 1. The van der Waals surface area contributed by atoms with Crippen molar-refractivity contribution in [3.63, 3.8) is 0 Å². The molecule has 2 aromatic carbocycles. The predicted molar refractivity (Wildman–Crippen MR) is 132 cm³/mol. The molecule has 0 saturated heterocycles. The van der Waals surface area contributed by atoms with Gasteiger partial charge in [-0.05, 0) is 62.0 Å². The molecule has 1 atom stereocenters. The number of halogens is 1. The van der Waals surface area contributed by atoms with E-state index in [1.807, 2.05) is 12.1 Å². The van der Waals surface area contributed by atoms with Crippen LogP contribution < -0.4 is 14.9 Å². The highest BCUT2D eigenvalue weighted by Gasteiger charge is 2.42. The number of rotatable bonds is 9. The van der Waals surface area contributed by atoms with E-state index in [1.165, 1.54) is 0 Å². The molecule has 1 aromatic heterocycles. The molecule has 0 fully saturated rings. The fourth-order valence-corrected chi connectivity index (χ4v) is 4.77. The molecule has 0 radical (unpaired) electrons. The van der Waals surface area contributed by atoms with E-state index in [-0.39, 0.29) is 17.1 Å². The summed E-state index contributed by atoms with van der Waals surface area (Å²) in [6.07, 6.45) is 0.769. The minimum Gasteiger partial charge on any atom is -0.493 e. The molecule has 0 bridgehead atoms. The molecule has 1 aliphatic rings. The largest absolute Gasteiger partial charge is 0.493 e. The number of hydrogen-bond donors (Lipinski definition) is 0. The van der Waals surface area contributed by atoms with Gasteiger partial charge in [0, 0.05) is 11.6 Å². The first-order valence-electron chi connectivity index (χ1n) is 11.4. The number of amides is 1. The molecule has 7 nitrogen and oxygen atoms in total. The molecule has 0 aliphatic carbocycles. The first kappa shape index (κ1) is 24.1. The molecule has 4 rings (SSSR count). The van der Waals surface area contributed by atoms with E-state index in [0.717, 1.165) is 31.6 Å². The first-order valence-corrected chi connectivity index (χ1v) is 11.8. The summed E-state index contributed by atoms with van der Waals surface area (Å²) >= 11 is 6.16. The van der Waals surface area contributed by atoms with Gasteiger partial charge in [0.1, 0.15) is 5.58 Å².